The van der Waals surface area contributed by atoms with Gasteiger partial charge in [0.25, 0.3) is 0 Å². The van der Waals surface area contributed by atoms with E-state index in [1.807, 2.05) is 83.1 Å². The minimum absolute atomic E-state index is 0.114. The summed E-state index contributed by atoms with van der Waals surface area (Å²) in [6, 6.07) is 15.6. The van der Waals surface area contributed by atoms with Crippen LogP contribution in [0.3, 0.4) is 0 Å². The maximum absolute atomic E-state index is 5.80. The zero-order valence-corrected chi connectivity index (χ0v) is 15.0. The van der Waals surface area contributed by atoms with Crippen molar-refractivity contribution in [3.63, 3.8) is 0 Å². The van der Waals surface area contributed by atoms with E-state index in [-0.39, 0.29) is 12.2 Å². The van der Waals surface area contributed by atoms with Gasteiger partial charge in [-0.05, 0) is 71.0 Å². The number of para-hydroxylation sites is 2. The summed E-state index contributed by atoms with van der Waals surface area (Å²) in [5.41, 5.74) is 1.78. The van der Waals surface area contributed by atoms with E-state index in [1.165, 1.54) is 0 Å². The van der Waals surface area contributed by atoms with E-state index in [4.69, 9.17) is 9.47 Å². The Kier molecular flexibility index (Phi) is 6.24. The molecule has 0 bridgehead atoms. The molecule has 0 spiro atoms. The van der Waals surface area contributed by atoms with Crippen molar-refractivity contribution in [1.82, 2.24) is 0 Å². The summed E-state index contributed by atoms with van der Waals surface area (Å²) < 4.78 is 11.4. The Labute approximate surface area is 144 Å². The Morgan fingerprint density at radius 3 is 2.12 bits per heavy atom. The molecule has 0 atom stereocenters. The number of benzene rings is 2. The molecule has 0 heterocycles. The SMILES string of the molecule is CC(=Nc1ccccc1OC(C)C)Nc1ccc(OC(C)C)cc1. The molecule has 0 aliphatic carbocycles. The van der Waals surface area contributed by atoms with E-state index >= 15 is 0 Å². The van der Waals surface area contributed by atoms with Crippen LogP contribution in [0.25, 0.3) is 0 Å². The third-order valence-corrected chi connectivity index (χ3v) is 3.07. The van der Waals surface area contributed by atoms with Gasteiger partial charge in [-0.1, -0.05) is 12.1 Å². The Balaban J connectivity index is 2.09. The summed E-state index contributed by atoms with van der Waals surface area (Å²) in [7, 11) is 0. The first kappa shape index (κ1) is 17.9. The van der Waals surface area contributed by atoms with Crippen LogP contribution in [0, 0.1) is 0 Å². The lowest BCUT2D eigenvalue weighted by molar-refractivity contribution is 0.242. The monoisotopic (exact) mass is 326 g/mol. The number of aliphatic imine (C=N–C) groups is 1. The predicted octanol–water partition coefficient (Wildman–Crippen LogP) is 5.42. The van der Waals surface area contributed by atoms with Crippen LogP contribution in [0.4, 0.5) is 11.4 Å². The Morgan fingerprint density at radius 2 is 1.50 bits per heavy atom. The Bertz CT molecular complexity index is 676. The molecule has 0 saturated carbocycles. The third kappa shape index (κ3) is 5.61. The van der Waals surface area contributed by atoms with Gasteiger partial charge in [0.1, 0.15) is 23.0 Å². The topological polar surface area (TPSA) is 42.8 Å². The van der Waals surface area contributed by atoms with Crippen molar-refractivity contribution in [2.24, 2.45) is 4.99 Å². The van der Waals surface area contributed by atoms with Gasteiger partial charge in [0, 0.05) is 5.69 Å². The van der Waals surface area contributed by atoms with E-state index in [2.05, 4.69) is 10.3 Å². The highest BCUT2D eigenvalue weighted by Crippen LogP contribution is 2.28. The lowest BCUT2D eigenvalue weighted by atomic mass is 10.3. The fourth-order valence-corrected chi connectivity index (χ4v) is 2.21. The van der Waals surface area contributed by atoms with Gasteiger partial charge in [0.15, 0.2) is 0 Å². The number of rotatable bonds is 6. The molecule has 0 fully saturated rings. The molecule has 2 aromatic rings. The molecular weight excluding hydrogens is 300 g/mol. The molecule has 2 rings (SSSR count). The number of hydrogen-bond acceptors (Lipinski definition) is 3. The minimum Gasteiger partial charge on any atom is -0.491 e. The molecule has 0 aliphatic rings. The highest BCUT2D eigenvalue weighted by atomic mass is 16.5. The molecule has 0 aliphatic heterocycles. The van der Waals surface area contributed by atoms with Crippen molar-refractivity contribution in [1.29, 1.82) is 0 Å². The van der Waals surface area contributed by atoms with Gasteiger partial charge in [0.2, 0.25) is 0 Å². The first-order valence-electron chi connectivity index (χ1n) is 8.28. The van der Waals surface area contributed by atoms with Gasteiger partial charge < -0.3 is 14.8 Å². The molecule has 1 N–H and O–H groups in total. The van der Waals surface area contributed by atoms with Gasteiger partial charge >= 0.3 is 0 Å². The molecule has 128 valence electrons. The normalized spacial score (nSPS) is 11.7. The van der Waals surface area contributed by atoms with Gasteiger partial charge in [-0.3, -0.25) is 0 Å². The molecule has 0 saturated heterocycles. The molecule has 4 nitrogen and oxygen atoms in total. The molecule has 2 aromatic carbocycles. The van der Waals surface area contributed by atoms with Crippen molar-refractivity contribution in [2.75, 3.05) is 5.32 Å². The molecule has 0 aromatic heterocycles. The lowest BCUT2D eigenvalue weighted by Gasteiger charge is -2.13. The largest absolute Gasteiger partial charge is 0.491 e. The van der Waals surface area contributed by atoms with E-state index in [9.17, 15) is 0 Å². The second kappa shape index (κ2) is 8.39. The van der Waals surface area contributed by atoms with Crippen LogP contribution in [0.15, 0.2) is 53.5 Å². The summed E-state index contributed by atoms with van der Waals surface area (Å²) in [5, 5.41) is 3.29. The van der Waals surface area contributed by atoms with Crippen molar-refractivity contribution < 1.29 is 9.47 Å². The van der Waals surface area contributed by atoms with Crippen LogP contribution in [0.5, 0.6) is 11.5 Å². The van der Waals surface area contributed by atoms with Crippen molar-refractivity contribution in [2.45, 2.75) is 46.8 Å². The third-order valence-electron chi connectivity index (χ3n) is 3.07. The summed E-state index contributed by atoms with van der Waals surface area (Å²) in [6.45, 7) is 9.97. The van der Waals surface area contributed by atoms with Crippen LogP contribution in [0.1, 0.15) is 34.6 Å². The summed E-state index contributed by atoms with van der Waals surface area (Å²) in [5.74, 6) is 2.45. The fraction of sp³-hybridized carbons (Fsp3) is 0.350. The van der Waals surface area contributed by atoms with Crippen LogP contribution in [-0.4, -0.2) is 18.0 Å². The number of nitrogens with one attached hydrogen (secondary N) is 1. The van der Waals surface area contributed by atoms with E-state index < -0.39 is 0 Å². The first-order chi connectivity index (χ1) is 11.4. The smallest absolute Gasteiger partial charge is 0.145 e. The zero-order valence-electron chi connectivity index (χ0n) is 15.0. The second-order valence-electron chi connectivity index (χ2n) is 6.15. The average Bonchev–Trinajstić information content (AvgIpc) is 2.50. The number of hydrogen-bond donors (Lipinski definition) is 1. The van der Waals surface area contributed by atoms with Crippen LogP contribution < -0.4 is 14.8 Å². The number of ether oxygens (including phenoxy) is 2. The molecule has 24 heavy (non-hydrogen) atoms. The quantitative estimate of drug-likeness (QED) is 0.569. The van der Waals surface area contributed by atoms with Gasteiger partial charge in [-0.25, -0.2) is 4.99 Å². The summed E-state index contributed by atoms with van der Waals surface area (Å²) in [4.78, 5) is 4.63. The maximum atomic E-state index is 5.80. The number of anilines is 1. The van der Waals surface area contributed by atoms with Crippen molar-refractivity contribution in [3.05, 3.63) is 48.5 Å². The van der Waals surface area contributed by atoms with Crippen LogP contribution in [-0.2, 0) is 0 Å². The zero-order chi connectivity index (χ0) is 17.5. The molecular formula is C20H26N2O2. The van der Waals surface area contributed by atoms with Crippen molar-refractivity contribution in [3.8, 4) is 11.5 Å². The summed E-state index contributed by atoms with van der Waals surface area (Å²) in [6.07, 6.45) is 0.285. The average molecular weight is 326 g/mol. The van der Waals surface area contributed by atoms with E-state index in [0.717, 1.165) is 28.7 Å². The van der Waals surface area contributed by atoms with E-state index in [0.29, 0.717) is 0 Å². The predicted molar refractivity (Wildman–Crippen MR) is 101 cm³/mol. The van der Waals surface area contributed by atoms with Crippen molar-refractivity contribution >= 4 is 17.2 Å². The van der Waals surface area contributed by atoms with Gasteiger partial charge in [0.05, 0.1) is 12.2 Å². The van der Waals surface area contributed by atoms with E-state index in [1.54, 1.807) is 0 Å². The van der Waals surface area contributed by atoms with Gasteiger partial charge in [-0.15, -0.1) is 0 Å². The number of amidine groups is 1. The number of nitrogens with zero attached hydrogens (tertiary/aromatic N) is 1. The first-order valence-corrected chi connectivity index (χ1v) is 8.28. The minimum atomic E-state index is 0.114. The Hall–Kier alpha value is -2.49. The lowest BCUT2D eigenvalue weighted by Crippen LogP contribution is -2.08. The standard InChI is InChI=1S/C20H26N2O2/c1-14(2)23-18-12-10-17(11-13-18)21-16(5)22-19-8-6-7-9-20(19)24-15(3)4/h6-15H,1-5H3,(H,21,22). The summed E-state index contributed by atoms with van der Waals surface area (Å²) >= 11 is 0. The highest BCUT2D eigenvalue weighted by Gasteiger charge is 2.05. The highest BCUT2D eigenvalue weighted by molar-refractivity contribution is 5.95. The molecule has 0 unspecified atom stereocenters. The molecule has 4 heteroatoms. The Morgan fingerprint density at radius 1 is 0.875 bits per heavy atom. The van der Waals surface area contributed by atoms with Crippen LogP contribution >= 0.6 is 0 Å². The van der Waals surface area contributed by atoms with Crippen LogP contribution in [0.2, 0.25) is 0 Å². The molecule has 0 radical (unpaired) electrons. The van der Waals surface area contributed by atoms with Gasteiger partial charge in [-0.2, -0.15) is 0 Å². The second-order valence-corrected chi connectivity index (χ2v) is 6.15. The molecule has 0 amide bonds. The maximum Gasteiger partial charge on any atom is 0.145 e. The fourth-order valence-electron chi connectivity index (χ4n) is 2.21.